The average molecular weight is 184 g/mol. The van der Waals surface area contributed by atoms with Gasteiger partial charge in [0.25, 0.3) is 5.91 Å². The molecule has 2 aliphatic heterocycles. The molecule has 2 heterocycles. The van der Waals surface area contributed by atoms with E-state index in [-0.39, 0.29) is 11.8 Å². The van der Waals surface area contributed by atoms with Crippen molar-refractivity contribution in [2.75, 3.05) is 26.2 Å². The van der Waals surface area contributed by atoms with Gasteiger partial charge < -0.3 is 10.2 Å². The molecule has 0 aromatic heterocycles. The van der Waals surface area contributed by atoms with Crippen molar-refractivity contribution in [3.05, 3.63) is 12.2 Å². The maximum Gasteiger partial charge on any atom is 0.258 e. The Morgan fingerprint density at radius 3 is 2.54 bits per heavy atom. The van der Waals surface area contributed by atoms with Crippen LogP contribution in [0.15, 0.2) is 12.2 Å². The number of alkyl halides is 1. The molecule has 2 aliphatic rings. The molecule has 1 unspecified atom stereocenters. The van der Waals surface area contributed by atoms with Crippen LogP contribution in [0.25, 0.3) is 0 Å². The Bertz CT molecular complexity index is 230. The van der Waals surface area contributed by atoms with Gasteiger partial charge in [-0.05, 0) is 0 Å². The summed E-state index contributed by atoms with van der Waals surface area (Å²) in [7, 11) is 0. The zero-order valence-electron chi connectivity index (χ0n) is 7.37. The monoisotopic (exact) mass is 184 g/mol. The summed E-state index contributed by atoms with van der Waals surface area (Å²) in [4.78, 5) is 13.0. The number of carbonyl (C=O) groups is 1. The molecule has 0 radical (unpaired) electrons. The highest BCUT2D eigenvalue weighted by molar-refractivity contribution is 5.82. The van der Waals surface area contributed by atoms with Crippen LogP contribution in [0, 0.1) is 5.92 Å². The minimum atomic E-state index is -1.30. The number of rotatable bonds is 2. The lowest BCUT2D eigenvalue weighted by Crippen LogP contribution is -2.52. The van der Waals surface area contributed by atoms with Crippen molar-refractivity contribution in [1.29, 1.82) is 0 Å². The minimum absolute atomic E-state index is 0.104. The molecule has 0 spiro atoms. The fourth-order valence-corrected chi connectivity index (χ4v) is 1.55. The van der Waals surface area contributed by atoms with Gasteiger partial charge in [-0.1, -0.05) is 12.2 Å². The molecule has 2 rings (SSSR count). The van der Waals surface area contributed by atoms with Crippen LogP contribution in [-0.4, -0.2) is 43.2 Å². The van der Waals surface area contributed by atoms with Gasteiger partial charge in [-0.15, -0.1) is 0 Å². The summed E-state index contributed by atoms with van der Waals surface area (Å²) in [6, 6.07) is 0. The van der Waals surface area contributed by atoms with E-state index in [4.69, 9.17) is 0 Å². The van der Waals surface area contributed by atoms with E-state index in [1.54, 1.807) is 4.90 Å². The third-order valence-electron chi connectivity index (χ3n) is 2.59. The van der Waals surface area contributed by atoms with E-state index in [1.807, 2.05) is 12.2 Å². The smallest absolute Gasteiger partial charge is 0.258 e. The highest BCUT2D eigenvalue weighted by atomic mass is 19.1. The third kappa shape index (κ3) is 1.58. The molecule has 0 aromatic rings. The molecule has 1 amide bonds. The molecule has 1 saturated heterocycles. The van der Waals surface area contributed by atoms with Crippen molar-refractivity contribution in [2.45, 2.75) is 6.17 Å². The van der Waals surface area contributed by atoms with E-state index in [0.717, 1.165) is 0 Å². The van der Waals surface area contributed by atoms with Gasteiger partial charge in [0.2, 0.25) is 0 Å². The summed E-state index contributed by atoms with van der Waals surface area (Å²) in [5.41, 5.74) is 0. The van der Waals surface area contributed by atoms with Crippen molar-refractivity contribution in [2.24, 2.45) is 5.92 Å². The van der Waals surface area contributed by atoms with Gasteiger partial charge in [-0.3, -0.25) is 4.79 Å². The standard InChI is InChI=1S/C9H13FN2O/c10-8(7-5-11-6-7)9(13)12-3-1-2-4-12/h1-2,7-8,11H,3-6H2. The van der Waals surface area contributed by atoms with Crippen molar-refractivity contribution in [3.63, 3.8) is 0 Å². The number of amides is 1. The van der Waals surface area contributed by atoms with Crippen LogP contribution in [0.5, 0.6) is 0 Å². The number of halogens is 1. The molecule has 72 valence electrons. The summed E-state index contributed by atoms with van der Waals surface area (Å²) in [6.45, 7) is 2.40. The van der Waals surface area contributed by atoms with Crippen LogP contribution in [0.2, 0.25) is 0 Å². The average Bonchev–Trinajstić information content (AvgIpc) is 2.51. The summed E-state index contributed by atoms with van der Waals surface area (Å²) in [5, 5.41) is 2.96. The quantitative estimate of drug-likeness (QED) is 0.610. The first-order valence-electron chi connectivity index (χ1n) is 4.57. The van der Waals surface area contributed by atoms with E-state index in [9.17, 15) is 9.18 Å². The van der Waals surface area contributed by atoms with E-state index in [1.165, 1.54) is 0 Å². The maximum absolute atomic E-state index is 13.4. The van der Waals surface area contributed by atoms with Crippen LogP contribution < -0.4 is 5.32 Å². The molecular weight excluding hydrogens is 171 g/mol. The van der Waals surface area contributed by atoms with Crippen molar-refractivity contribution in [3.8, 4) is 0 Å². The minimum Gasteiger partial charge on any atom is -0.333 e. The molecular formula is C9H13FN2O. The molecule has 0 saturated carbocycles. The number of hydrogen-bond donors (Lipinski definition) is 1. The van der Waals surface area contributed by atoms with Gasteiger partial charge in [-0.2, -0.15) is 0 Å². The summed E-state index contributed by atoms with van der Waals surface area (Å²) >= 11 is 0. The molecule has 1 N–H and O–H groups in total. The predicted octanol–water partition coefficient (Wildman–Crippen LogP) is -0.0577. The van der Waals surface area contributed by atoms with Crippen LogP contribution in [-0.2, 0) is 4.79 Å². The Morgan fingerprint density at radius 1 is 1.46 bits per heavy atom. The molecule has 3 nitrogen and oxygen atoms in total. The molecule has 0 aliphatic carbocycles. The van der Waals surface area contributed by atoms with Crippen molar-refractivity contribution >= 4 is 5.91 Å². The number of nitrogens with zero attached hydrogens (tertiary/aromatic N) is 1. The first-order valence-corrected chi connectivity index (χ1v) is 4.57. The van der Waals surface area contributed by atoms with Crippen molar-refractivity contribution < 1.29 is 9.18 Å². The largest absolute Gasteiger partial charge is 0.333 e. The second-order valence-corrected chi connectivity index (χ2v) is 3.53. The van der Waals surface area contributed by atoms with E-state index in [2.05, 4.69) is 5.32 Å². The lowest BCUT2D eigenvalue weighted by atomic mass is 9.96. The lowest BCUT2D eigenvalue weighted by molar-refractivity contribution is -0.137. The van der Waals surface area contributed by atoms with Gasteiger partial charge in [0.15, 0.2) is 6.17 Å². The van der Waals surface area contributed by atoms with E-state index >= 15 is 0 Å². The number of nitrogens with one attached hydrogen (secondary N) is 1. The third-order valence-corrected chi connectivity index (χ3v) is 2.59. The molecule has 0 bridgehead atoms. The molecule has 13 heavy (non-hydrogen) atoms. The van der Waals surface area contributed by atoms with Crippen LogP contribution in [0.3, 0.4) is 0 Å². The second kappa shape index (κ2) is 3.46. The van der Waals surface area contributed by atoms with Gasteiger partial charge in [-0.25, -0.2) is 4.39 Å². The molecule has 1 atom stereocenters. The van der Waals surface area contributed by atoms with Crippen molar-refractivity contribution in [1.82, 2.24) is 10.2 Å². The van der Waals surface area contributed by atoms with Gasteiger partial charge in [0.05, 0.1) is 0 Å². The van der Waals surface area contributed by atoms with E-state index in [0.29, 0.717) is 26.2 Å². The first kappa shape index (κ1) is 8.69. The molecule has 4 heteroatoms. The predicted molar refractivity (Wildman–Crippen MR) is 47.0 cm³/mol. The fourth-order valence-electron chi connectivity index (χ4n) is 1.55. The normalized spacial score (nSPS) is 24.5. The Labute approximate surface area is 76.6 Å². The molecule has 1 fully saturated rings. The second-order valence-electron chi connectivity index (χ2n) is 3.53. The highest BCUT2D eigenvalue weighted by Gasteiger charge is 2.35. The highest BCUT2D eigenvalue weighted by Crippen LogP contribution is 2.16. The fraction of sp³-hybridized carbons (Fsp3) is 0.667. The van der Waals surface area contributed by atoms with Gasteiger partial charge in [0, 0.05) is 32.1 Å². The first-order chi connectivity index (χ1) is 6.29. The Morgan fingerprint density at radius 2 is 2.08 bits per heavy atom. The zero-order chi connectivity index (χ0) is 9.26. The lowest BCUT2D eigenvalue weighted by Gasteiger charge is -2.31. The van der Waals surface area contributed by atoms with Crippen LogP contribution in [0.1, 0.15) is 0 Å². The maximum atomic E-state index is 13.4. The summed E-state index contributed by atoms with van der Waals surface area (Å²) in [5.74, 6) is -0.454. The van der Waals surface area contributed by atoms with E-state index < -0.39 is 6.17 Å². The SMILES string of the molecule is O=C(C(F)C1CNC1)N1CC=CC1. The number of carbonyl (C=O) groups excluding carboxylic acids is 1. The Hall–Kier alpha value is -0.900. The van der Waals surface area contributed by atoms with Gasteiger partial charge in [0.1, 0.15) is 0 Å². The summed E-state index contributed by atoms with van der Waals surface area (Å²) in [6.07, 6.45) is 2.48. The Balaban J connectivity index is 1.87. The summed E-state index contributed by atoms with van der Waals surface area (Å²) < 4.78 is 13.4. The zero-order valence-corrected chi connectivity index (χ0v) is 7.37. The van der Waals surface area contributed by atoms with Crippen LogP contribution in [0.4, 0.5) is 4.39 Å². The Kier molecular flexibility index (Phi) is 2.31. The molecule has 0 aromatic carbocycles. The number of hydrogen-bond acceptors (Lipinski definition) is 2. The topological polar surface area (TPSA) is 32.3 Å². The van der Waals surface area contributed by atoms with Crippen LogP contribution >= 0.6 is 0 Å². The van der Waals surface area contributed by atoms with Gasteiger partial charge >= 0.3 is 0 Å².